The molecule has 1 aliphatic rings. The number of aromatic nitrogens is 2. The highest BCUT2D eigenvalue weighted by Gasteiger charge is 2.32. The molecule has 104 valence electrons. The average Bonchev–Trinajstić information content (AvgIpc) is 3.16. The van der Waals surface area contributed by atoms with E-state index in [1.807, 2.05) is 28.5 Å². The van der Waals surface area contributed by atoms with Crippen LogP contribution in [-0.2, 0) is 0 Å². The molecule has 3 rings (SSSR count). The normalized spacial score (nSPS) is 18.2. The monoisotopic (exact) mass is 288 g/mol. The van der Waals surface area contributed by atoms with E-state index >= 15 is 0 Å². The van der Waals surface area contributed by atoms with Crippen molar-refractivity contribution >= 4 is 22.4 Å². The standard InChI is InChI=1S/C14H16N4OS/c1-15-14-17-11(9-20-14)13(19)18-8-4-6-12(18)10-5-2-3-7-16-10/h2-3,5,7,9,12H,4,6,8H2,1H3,(H,15,17)/t12-/m0/s1. The summed E-state index contributed by atoms with van der Waals surface area (Å²) >= 11 is 1.45. The third kappa shape index (κ3) is 2.38. The quantitative estimate of drug-likeness (QED) is 0.943. The van der Waals surface area contributed by atoms with E-state index < -0.39 is 0 Å². The smallest absolute Gasteiger partial charge is 0.273 e. The predicted octanol–water partition coefficient (Wildman–Crippen LogP) is 2.56. The van der Waals surface area contributed by atoms with E-state index in [0.29, 0.717) is 5.69 Å². The minimum atomic E-state index is -0.00379. The maximum Gasteiger partial charge on any atom is 0.273 e. The Bertz CT molecular complexity index is 598. The molecule has 0 aliphatic carbocycles. The minimum absolute atomic E-state index is 0.00379. The SMILES string of the molecule is CNc1nc(C(=O)N2CCC[C@H]2c2ccccn2)cs1. The lowest BCUT2D eigenvalue weighted by atomic mass is 10.1. The zero-order valence-corrected chi connectivity index (χ0v) is 12.1. The van der Waals surface area contributed by atoms with E-state index in [-0.39, 0.29) is 11.9 Å². The van der Waals surface area contributed by atoms with Gasteiger partial charge in [-0.2, -0.15) is 0 Å². The third-order valence-corrected chi connectivity index (χ3v) is 4.34. The number of likely N-dealkylation sites (tertiary alicyclic amines) is 1. The van der Waals surface area contributed by atoms with Crippen molar-refractivity contribution in [3.63, 3.8) is 0 Å². The fraction of sp³-hybridized carbons (Fsp3) is 0.357. The van der Waals surface area contributed by atoms with E-state index in [0.717, 1.165) is 30.2 Å². The maximum absolute atomic E-state index is 12.6. The summed E-state index contributed by atoms with van der Waals surface area (Å²) in [6.45, 7) is 0.770. The second-order valence-corrected chi connectivity index (χ2v) is 5.56. The topological polar surface area (TPSA) is 58.1 Å². The molecule has 2 aromatic heterocycles. The lowest BCUT2D eigenvalue weighted by molar-refractivity contribution is 0.0728. The van der Waals surface area contributed by atoms with Crippen LogP contribution in [0.3, 0.4) is 0 Å². The molecule has 1 amide bonds. The first-order valence-corrected chi connectivity index (χ1v) is 7.52. The van der Waals surface area contributed by atoms with E-state index in [9.17, 15) is 4.79 Å². The second-order valence-electron chi connectivity index (χ2n) is 4.70. The van der Waals surface area contributed by atoms with Gasteiger partial charge < -0.3 is 10.2 Å². The summed E-state index contributed by atoms with van der Waals surface area (Å²) in [6.07, 6.45) is 3.75. The highest BCUT2D eigenvalue weighted by molar-refractivity contribution is 7.13. The van der Waals surface area contributed by atoms with Crippen LogP contribution in [0.15, 0.2) is 29.8 Å². The van der Waals surface area contributed by atoms with Crippen LogP contribution >= 0.6 is 11.3 Å². The van der Waals surface area contributed by atoms with Gasteiger partial charge in [0.1, 0.15) is 5.69 Å². The van der Waals surface area contributed by atoms with Crippen molar-refractivity contribution in [3.05, 3.63) is 41.2 Å². The Balaban J connectivity index is 1.83. The molecule has 0 bridgehead atoms. The van der Waals surface area contributed by atoms with Gasteiger partial charge in [-0.05, 0) is 25.0 Å². The van der Waals surface area contributed by atoms with Crippen LogP contribution in [0.5, 0.6) is 0 Å². The van der Waals surface area contributed by atoms with Gasteiger partial charge in [0, 0.05) is 25.2 Å². The summed E-state index contributed by atoms with van der Waals surface area (Å²) < 4.78 is 0. The summed E-state index contributed by atoms with van der Waals surface area (Å²) in [6, 6.07) is 5.91. The Morgan fingerprint density at radius 3 is 3.10 bits per heavy atom. The number of nitrogens with zero attached hydrogens (tertiary/aromatic N) is 3. The first kappa shape index (κ1) is 13.1. The van der Waals surface area contributed by atoms with Crippen molar-refractivity contribution in [2.24, 2.45) is 0 Å². The number of amides is 1. The first-order chi connectivity index (χ1) is 9.79. The molecule has 1 N–H and O–H groups in total. The molecule has 0 aromatic carbocycles. The van der Waals surface area contributed by atoms with Gasteiger partial charge in [0.15, 0.2) is 5.13 Å². The lowest BCUT2D eigenvalue weighted by Crippen LogP contribution is -2.31. The molecular weight excluding hydrogens is 272 g/mol. The number of thiazole rings is 1. The molecule has 0 spiro atoms. The maximum atomic E-state index is 12.6. The Kier molecular flexibility index (Phi) is 3.64. The molecule has 20 heavy (non-hydrogen) atoms. The molecule has 0 saturated carbocycles. The second kappa shape index (κ2) is 5.58. The summed E-state index contributed by atoms with van der Waals surface area (Å²) in [5.74, 6) is -0.00379. The number of hydrogen-bond acceptors (Lipinski definition) is 5. The van der Waals surface area contributed by atoms with Crippen molar-refractivity contribution in [1.82, 2.24) is 14.9 Å². The molecule has 0 unspecified atom stereocenters. The van der Waals surface area contributed by atoms with Crippen molar-refractivity contribution in [2.75, 3.05) is 18.9 Å². The van der Waals surface area contributed by atoms with Crippen LogP contribution in [0.25, 0.3) is 0 Å². The van der Waals surface area contributed by atoms with Gasteiger partial charge in [-0.1, -0.05) is 6.07 Å². The molecule has 6 heteroatoms. The molecule has 1 atom stereocenters. The zero-order valence-electron chi connectivity index (χ0n) is 11.2. The largest absolute Gasteiger partial charge is 0.365 e. The van der Waals surface area contributed by atoms with Crippen LogP contribution in [0.2, 0.25) is 0 Å². The van der Waals surface area contributed by atoms with Crippen molar-refractivity contribution in [3.8, 4) is 0 Å². The fourth-order valence-electron chi connectivity index (χ4n) is 2.52. The number of nitrogens with one attached hydrogen (secondary N) is 1. The summed E-state index contributed by atoms with van der Waals surface area (Å²) in [7, 11) is 1.81. The molecule has 1 aliphatic heterocycles. The van der Waals surface area contributed by atoms with E-state index in [1.54, 1.807) is 13.2 Å². The van der Waals surface area contributed by atoms with Gasteiger partial charge in [0.2, 0.25) is 0 Å². The fourth-order valence-corrected chi connectivity index (χ4v) is 3.17. The Hall–Kier alpha value is -1.95. The number of rotatable bonds is 3. The van der Waals surface area contributed by atoms with E-state index in [2.05, 4.69) is 15.3 Å². The first-order valence-electron chi connectivity index (χ1n) is 6.65. The molecule has 0 radical (unpaired) electrons. The zero-order chi connectivity index (χ0) is 13.9. The number of hydrogen-bond donors (Lipinski definition) is 1. The van der Waals surface area contributed by atoms with Gasteiger partial charge in [-0.15, -0.1) is 11.3 Å². The van der Waals surface area contributed by atoms with Gasteiger partial charge in [0.05, 0.1) is 11.7 Å². The van der Waals surface area contributed by atoms with E-state index in [1.165, 1.54) is 11.3 Å². The highest BCUT2D eigenvalue weighted by atomic mass is 32.1. The molecule has 3 heterocycles. The average molecular weight is 288 g/mol. The summed E-state index contributed by atoms with van der Waals surface area (Å²) in [5, 5.41) is 5.53. The van der Waals surface area contributed by atoms with Crippen LogP contribution in [0, 0.1) is 0 Å². The van der Waals surface area contributed by atoms with Gasteiger partial charge in [-0.3, -0.25) is 9.78 Å². The van der Waals surface area contributed by atoms with Gasteiger partial charge >= 0.3 is 0 Å². The summed E-state index contributed by atoms with van der Waals surface area (Å²) in [4.78, 5) is 23.1. The van der Waals surface area contributed by atoms with Crippen molar-refractivity contribution in [1.29, 1.82) is 0 Å². The summed E-state index contributed by atoms with van der Waals surface area (Å²) in [5.41, 5.74) is 1.48. The van der Waals surface area contributed by atoms with Crippen LogP contribution in [0.4, 0.5) is 5.13 Å². The number of anilines is 1. The molecular formula is C14H16N4OS. The third-order valence-electron chi connectivity index (χ3n) is 3.48. The van der Waals surface area contributed by atoms with Crippen molar-refractivity contribution in [2.45, 2.75) is 18.9 Å². The van der Waals surface area contributed by atoms with Crippen LogP contribution in [-0.4, -0.2) is 34.4 Å². The number of carbonyl (C=O) groups is 1. The lowest BCUT2D eigenvalue weighted by Gasteiger charge is -2.23. The predicted molar refractivity (Wildman–Crippen MR) is 78.9 cm³/mol. The molecule has 2 aromatic rings. The van der Waals surface area contributed by atoms with Crippen molar-refractivity contribution < 1.29 is 4.79 Å². The van der Waals surface area contributed by atoms with E-state index in [4.69, 9.17) is 0 Å². The van der Waals surface area contributed by atoms with Crippen LogP contribution in [0.1, 0.15) is 35.1 Å². The Labute approximate surface area is 121 Å². The Morgan fingerprint density at radius 1 is 1.50 bits per heavy atom. The molecule has 1 fully saturated rings. The number of carbonyl (C=O) groups excluding carboxylic acids is 1. The minimum Gasteiger partial charge on any atom is -0.365 e. The highest BCUT2D eigenvalue weighted by Crippen LogP contribution is 2.32. The van der Waals surface area contributed by atoms with Gasteiger partial charge in [-0.25, -0.2) is 4.98 Å². The van der Waals surface area contributed by atoms with Gasteiger partial charge in [0.25, 0.3) is 5.91 Å². The number of pyridine rings is 1. The molecule has 5 nitrogen and oxygen atoms in total. The van der Waals surface area contributed by atoms with Crippen LogP contribution < -0.4 is 5.32 Å². The molecule has 1 saturated heterocycles. The Morgan fingerprint density at radius 2 is 2.40 bits per heavy atom.